The molecule has 1 aromatic heterocycles. The van der Waals surface area contributed by atoms with Crippen LogP contribution in [0.5, 0.6) is 0 Å². The molecule has 0 spiro atoms. The van der Waals surface area contributed by atoms with Gasteiger partial charge in [-0.05, 0) is 56.0 Å². The van der Waals surface area contributed by atoms with Crippen LogP contribution in [-0.2, 0) is 15.3 Å². The van der Waals surface area contributed by atoms with Gasteiger partial charge in [-0.2, -0.15) is 0 Å². The average Bonchev–Trinajstić information content (AvgIpc) is 3.19. The SMILES string of the molecule is C[C@H]1CCCCN1C(=O)COC(=O)c1ccc(CSc2nc3ccccc3s2)cc1. The largest absolute Gasteiger partial charge is 0.452 e. The molecular weight excluding hydrogens is 416 g/mol. The zero-order chi connectivity index (χ0) is 20.9. The van der Waals surface area contributed by atoms with Crippen molar-refractivity contribution >= 4 is 45.2 Å². The number of rotatable bonds is 6. The third-order valence-electron chi connectivity index (χ3n) is 5.28. The van der Waals surface area contributed by atoms with Crippen molar-refractivity contribution in [3.8, 4) is 0 Å². The van der Waals surface area contributed by atoms with Crippen molar-refractivity contribution in [1.29, 1.82) is 0 Å². The van der Waals surface area contributed by atoms with Gasteiger partial charge in [-0.1, -0.05) is 36.0 Å². The number of piperidine rings is 1. The van der Waals surface area contributed by atoms with E-state index in [9.17, 15) is 9.59 Å². The van der Waals surface area contributed by atoms with Crippen molar-refractivity contribution in [2.45, 2.75) is 42.3 Å². The highest BCUT2D eigenvalue weighted by Gasteiger charge is 2.24. The second-order valence-corrected chi connectivity index (χ2v) is 9.69. The number of nitrogens with zero attached hydrogens (tertiary/aromatic N) is 2. The van der Waals surface area contributed by atoms with Gasteiger partial charge in [0, 0.05) is 18.3 Å². The number of fused-ring (bicyclic) bond motifs is 1. The van der Waals surface area contributed by atoms with Crippen molar-refractivity contribution in [3.05, 3.63) is 59.7 Å². The van der Waals surface area contributed by atoms with E-state index in [0.717, 1.165) is 47.0 Å². The summed E-state index contributed by atoms with van der Waals surface area (Å²) in [5, 5.41) is 0. The fourth-order valence-electron chi connectivity index (χ4n) is 3.56. The number of amides is 1. The van der Waals surface area contributed by atoms with Crippen molar-refractivity contribution in [1.82, 2.24) is 9.88 Å². The summed E-state index contributed by atoms with van der Waals surface area (Å²) in [6, 6.07) is 15.7. The molecule has 1 aliphatic rings. The number of thiazole rings is 1. The summed E-state index contributed by atoms with van der Waals surface area (Å²) in [6.45, 7) is 2.60. The zero-order valence-corrected chi connectivity index (χ0v) is 18.5. The van der Waals surface area contributed by atoms with Crippen molar-refractivity contribution in [2.24, 2.45) is 0 Å². The first-order valence-corrected chi connectivity index (χ1v) is 11.9. The fourth-order valence-corrected chi connectivity index (χ4v) is 5.58. The molecule has 156 valence electrons. The first-order chi connectivity index (χ1) is 14.6. The van der Waals surface area contributed by atoms with E-state index in [4.69, 9.17) is 4.74 Å². The molecule has 0 bridgehead atoms. The number of benzene rings is 2. The predicted molar refractivity (Wildman–Crippen MR) is 121 cm³/mol. The topological polar surface area (TPSA) is 59.5 Å². The Balaban J connectivity index is 1.28. The van der Waals surface area contributed by atoms with Gasteiger partial charge in [-0.15, -0.1) is 11.3 Å². The Morgan fingerprint density at radius 2 is 1.97 bits per heavy atom. The highest BCUT2D eigenvalue weighted by Crippen LogP contribution is 2.31. The number of aromatic nitrogens is 1. The molecule has 0 N–H and O–H groups in total. The Kier molecular flexibility index (Phi) is 6.69. The standard InChI is InChI=1S/C23H24N2O3S2/c1-16-6-4-5-13-25(16)21(26)14-28-22(27)18-11-9-17(10-12-18)15-29-23-24-19-7-2-3-8-20(19)30-23/h2-3,7-12,16H,4-6,13-15H2,1H3/t16-/m0/s1. The van der Waals surface area contributed by atoms with Gasteiger partial charge in [0.25, 0.3) is 5.91 Å². The van der Waals surface area contributed by atoms with Crippen LogP contribution < -0.4 is 0 Å². The monoisotopic (exact) mass is 440 g/mol. The maximum Gasteiger partial charge on any atom is 0.338 e. The Labute approximate surface area is 184 Å². The van der Waals surface area contributed by atoms with Gasteiger partial charge < -0.3 is 9.64 Å². The molecule has 1 aliphatic heterocycles. The summed E-state index contributed by atoms with van der Waals surface area (Å²) >= 11 is 3.37. The van der Waals surface area contributed by atoms with E-state index in [1.165, 1.54) is 4.70 Å². The van der Waals surface area contributed by atoms with E-state index < -0.39 is 5.97 Å². The fraction of sp³-hybridized carbons (Fsp3) is 0.348. The van der Waals surface area contributed by atoms with E-state index >= 15 is 0 Å². The van der Waals surface area contributed by atoms with Crippen molar-refractivity contribution in [2.75, 3.05) is 13.2 Å². The summed E-state index contributed by atoms with van der Waals surface area (Å²) in [6.07, 6.45) is 3.17. The molecule has 4 rings (SSSR count). The van der Waals surface area contributed by atoms with Gasteiger partial charge in [0.15, 0.2) is 10.9 Å². The quantitative estimate of drug-likeness (QED) is 0.392. The number of para-hydroxylation sites is 1. The molecule has 0 saturated carbocycles. The van der Waals surface area contributed by atoms with Crippen LogP contribution in [0.15, 0.2) is 52.9 Å². The zero-order valence-electron chi connectivity index (χ0n) is 16.9. The molecule has 0 unspecified atom stereocenters. The maximum absolute atomic E-state index is 12.3. The van der Waals surface area contributed by atoms with Gasteiger partial charge in [-0.25, -0.2) is 9.78 Å². The summed E-state index contributed by atoms with van der Waals surface area (Å²) in [7, 11) is 0. The van der Waals surface area contributed by atoms with E-state index in [-0.39, 0.29) is 18.6 Å². The van der Waals surface area contributed by atoms with Crippen LogP contribution in [0.25, 0.3) is 10.2 Å². The first-order valence-electron chi connectivity index (χ1n) is 10.1. The van der Waals surface area contributed by atoms with Crippen LogP contribution >= 0.6 is 23.1 Å². The van der Waals surface area contributed by atoms with E-state index in [0.29, 0.717) is 5.56 Å². The number of esters is 1. The molecular formula is C23H24N2O3S2. The Hall–Kier alpha value is -2.38. The molecule has 0 aliphatic carbocycles. The number of carbonyl (C=O) groups excluding carboxylic acids is 2. The summed E-state index contributed by atoms with van der Waals surface area (Å²) in [5.41, 5.74) is 2.59. The highest BCUT2D eigenvalue weighted by molar-refractivity contribution is 8.00. The normalized spacial score (nSPS) is 16.6. The average molecular weight is 441 g/mol. The summed E-state index contributed by atoms with van der Waals surface area (Å²) < 4.78 is 7.47. The van der Waals surface area contributed by atoms with Crippen LogP contribution in [-0.4, -0.2) is 41.0 Å². The minimum atomic E-state index is -0.460. The second-order valence-electron chi connectivity index (χ2n) is 7.44. The second kappa shape index (κ2) is 9.62. The van der Waals surface area contributed by atoms with Gasteiger partial charge in [0.05, 0.1) is 15.8 Å². The Morgan fingerprint density at radius 3 is 2.73 bits per heavy atom. The van der Waals surface area contributed by atoms with Crippen molar-refractivity contribution in [3.63, 3.8) is 0 Å². The van der Waals surface area contributed by atoms with Gasteiger partial charge in [0.1, 0.15) is 0 Å². The molecule has 2 aromatic carbocycles. The van der Waals surface area contributed by atoms with Gasteiger partial charge in [-0.3, -0.25) is 4.79 Å². The molecule has 1 amide bonds. The van der Waals surface area contributed by atoms with Crippen LogP contribution in [0.3, 0.4) is 0 Å². The first kappa shape index (κ1) is 20.9. The third-order valence-corrected chi connectivity index (χ3v) is 7.53. The third kappa shape index (κ3) is 5.02. The molecule has 1 fully saturated rings. The van der Waals surface area contributed by atoms with Crippen LogP contribution in [0.4, 0.5) is 0 Å². The molecule has 0 radical (unpaired) electrons. The van der Waals surface area contributed by atoms with Crippen LogP contribution in [0.2, 0.25) is 0 Å². The molecule has 30 heavy (non-hydrogen) atoms. The molecule has 1 atom stereocenters. The lowest BCUT2D eigenvalue weighted by atomic mass is 10.0. The molecule has 3 aromatic rings. The molecule has 5 nitrogen and oxygen atoms in total. The van der Waals surface area contributed by atoms with E-state index in [2.05, 4.69) is 11.1 Å². The number of carbonyl (C=O) groups is 2. The number of likely N-dealkylation sites (tertiary alicyclic amines) is 1. The van der Waals surface area contributed by atoms with Crippen LogP contribution in [0.1, 0.15) is 42.1 Å². The lowest BCUT2D eigenvalue weighted by Crippen LogP contribution is -2.44. The van der Waals surface area contributed by atoms with Crippen molar-refractivity contribution < 1.29 is 14.3 Å². The van der Waals surface area contributed by atoms with Gasteiger partial charge in [0.2, 0.25) is 0 Å². The number of hydrogen-bond donors (Lipinski definition) is 0. The van der Waals surface area contributed by atoms with Gasteiger partial charge >= 0.3 is 5.97 Å². The Morgan fingerprint density at radius 1 is 1.17 bits per heavy atom. The number of hydrogen-bond acceptors (Lipinski definition) is 6. The highest BCUT2D eigenvalue weighted by atomic mass is 32.2. The van der Waals surface area contributed by atoms with E-state index in [1.807, 2.05) is 42.2 Å². The molecule has 1 saturated heterocycles. The molecule has 2 heterocycles. The smallest absolute Gasteiger partial charge is 0.338 e. The summed E-state index contributed by atoms with van der Waals surface area (Å²) in [4.78, 5) is 31.1. The Bertz CT molecular complexity index is 999. The predicted octanol–water partition coefficient (Wildman–Crippen LogP) is 5.15. The lowest BCUT2D eigenvalue weighted by molar-refractivity contribution is -0.137. The van der Waals surface area contributed by atoms with E-state index in [1.54, 1.807) is 35.2 Å². The number of ether oxygens (including phenoxy) is 1. The molecule has 7 heteroatoms. The number of thioether (sulfide) groups is 1. The minimum absolute atomic E-state index is 0.112. The summed E-state index contributed by atoms with van der Waals surface area (Å²) in [5.74, 6) is 0.207. The lowest BCUT2D eigenvalue weighted by Gasteiger charge is -2.33. The van der Waals surface area contributed by atoms with Crippen LogP contribution in [0, 0.1) is 0 Å². The minimum Gasteiger partial charge on any atom is -0.452 e. The maximum atomic E-state index is 12.3.